The molecule has 0 spiro atoms. The summed E-state index contributed by atoms with van der Waals surface area (Å²) < 4.78 is 25.7. The minimum absolute atomic E-state index is 0.143. The molecule has 2 rings (SSSR count). The van der Waals surface area contributed by atoms with Crippen LogP contribution in [0.25, 0.3) is 0 Å². The van der Waals surface area contributed by atoms with Gasteiger partial charge in [0.25, 0.3) is 5.91 Å². The van der Waals surface area contributed by atoms with E-state index >= 15 is 0 Å². The Morgan fingerprint density at radius 2 is 1.73 bits per heavy atom. The van der Waals surface area contributed by atoms with Crippen LogP contribution in [0.1, 0.15) is 30.9 Å². The van der Waals surface area contributed by atoms with E-state index in [1.165, 1.54) is 31.0 Å². The van der Waals surface area contributed by atoms with Crippen LogP contribution < -0.4 is 5.43 Å². The van der Waals surface area contributed by atoms with Crippen molar-refractivity contribution in [2.75, 3.05) is 13.6 Å². The first kappa shape index (κ1) is 19.8. The Balaban J connectivity index is 1.92. The number of rotatable bonds is 7. The molecule has 138 valence electrons. The minimum atomic E-state index is -3.70. The van der Waals surface area contributed by atoms with Crippen molar-refractivity contribution in [2.24, 2.45) is 5.10 Å². The number of sulfonamides is 1. The van der Waals surface area contributed by atoms with Gasteiger partial charge in [0.05, 0.1) is 17.7 Å². The molecule has 0 unspecified atom stereocenters. The highest BCUT2D eigenvalue weighted by Gasteiger charge is 2.22. The van der Waals surface area contributed by atoms with Gasteiger partial charge in [-0.2, -0.15) is 9.41 Å². The van der Waals surface area contributed by atoms with Gasteiger partial charge >= 0.3 is 0 Å². The van der Waals surface area contributed by atoms with Crippen molar-refractivity contribution in [2.45, 2.75) is 24.7 Å². The molecule has 0 aromatic heterocycles. The van der Waals surface area contributed by atoms with Crippen molar-refractivity contribution < 1.29 is 13.2 Å². The zero-order chi connectivity index (χ0) is 19.2. The number of hydrogen-bond donors (Lipinski definition) is 1. The number of hydrazone groups is 1. The lowest BCUT2D eigenvalue weighted by molar-refractivity contribution is -0.121. The van der Waals surface area contributed by atoms with Crippen LogP contribution in [0.5, 0.6) is 0 Å². The van der Waals surface area contributed by atoms with Crippen LogP contribution in [-0.4, -0.2) is 38.4 Å². The highest BCUT2D eigenvalue weighted by molar-refractivity contribution is 7.89. The van der Waals surface area contributed by atoms with Gasteiger partial charge in [0.15, 0.2) is 0 Å². The van der Waals surface area contributed by atoms with Crippen LogP contribution in [0, 0.1) is 0 Å². The molecule has 0 aliphatic rings. The molecule has 0 aliphatic heterocycles. The Morgan fingerprint density at radius 3 is 2.31 bits per heavy atom. The quantitative estimate of drug-likeness (QED) is 0.598. The largest absolute Gasteiger partial charge is 0.272 e. The van der Waals surface area contributed by atoms with Crippen molar-refractivity contribution >= 4 is 22.1 Å². The van der Waals surface area contributed by atoms with Crippen molar-refractivity contribution in [3.8, 4) is 0 Å². The molecule has 2 aromatic rings. The summed E-state index contributed by atoms with van der Waals surface area (Å²) in [6, 6.07) is 15.8. The van der Waals surface area contributed by atoms with E-state index in [2.05, 4.69) is 24.4 Å². The smallest absolute Gasteiger partial charge is 0.255 e. The summed E-state index contributed by atoms with van der Waals surface area (Å²) in [5.74, 6) is -0.0650. The van der Waals surface area contributed by atoms with Gasteiger partial charge in [-0.25, -0.2) is 13.8 Å². The molecule has 0 atom stereocenters. The molecule has 0 fully saturated rings. The fraction of sp³-hybridized carbons (Fsp3) is 0.263. The van der Waals surface area contributed by atoms with E-state index in [9.17, 15) is 13.2 Å². The summed E-state index contributed by atoms with van der Waals surface area (Å²) in [4.78, 5) is 12.1. The zero-order valence-corrected chi connectivity index (χ0v) is 15.9. The predicted molar refractivity (Wildman–Crippen MR) is 103 cm³/mol. The SMILES string of the molecule is CC(C)c1ccc(/C=N\NC(=O)CN(C)S(=O)(=O)c2ccccc2)cc1. The van der Waals surface area contributed by atoms with E-state index in [4.69, 9.17) is 0 Å². The van der Waals surface area contributed by atoms with Gasteiger partial charge in [-0.05, 0) is 29.2 Å². The Bertz CT molecular complexity index is 861. The second-order valence-electron chi connectivity index (χ2n) is 6.19. The van der Waals surface area contributed by atoms with Gasteiger partial charge in [-0.15, -0.1) is 0 Å². The topological polar surface area (TPSA) is 78.8 Å². The summed E-state index contributed by atoms with van der Waals surface area (Å²) >= 11 is 0. The monoisotopic (exact) mass is 373 g/mol. The first-order chi connectivity index (χ1) is 12.3. The fourth-order valence-corrected chi connectivity index (χ4v) is 3.39. The van der Waals surface area contributed by atoms with Crippen molar-refractivity contribution in [1.29, 1.82) is 0 Å². The van der Waals surface area contributed by atoms with Crippen molar-refractivity contribution in [3.05, 3.63) is 65.7 Å². The van der Waals surface area contributed by atoms with E-state index in [0.717, 1.165) is 9.87 Å². The van der Waals surface area contributed by atoms with Gasteiger partial charge in [0, 0.05) is 7.05 Å². The molecule has 1 amide bonds. The molecule has 0 saturated carbocycles. The third-order valence-corrected chi connectivity index (χ3v) is 5.64. The molecule has 0 radical (unpaired) electrons. The van der Waals surface area contributed by atoms with Crippen molar-refractivity contribution in [1.82, 2.24) is 9.73 Å². The number of amides is 1. The number of likely N-dealkylation sites (N-methyl/N-ethyl adjacent to an activating group) is 1. The number of nitrogens with one attached hydrogen (secondary N) is 1. The molecule has 0 aliphatic carbocycles. The van der Waals surface area contributed by atoms with Gasteiger partial charge in [-0.1, -0.05) is 56.3 Å². The van der Waals surface area contributed by atoms with E-state index in [-0.39, 0.29) is 11.4 Å². The number of nitrogens with zero attached hydrogens (tertiary/aromatic N) is 2. The molecule has 0 saturated heterocycles. The second-order valence-corrected chi connectivity index (χ2v) is 8.23. The molecule has 6 nitrogen and oxygen atoms in total. The molecule has 0 heterocycles. The molecule has 26 heavy (non-hydrogen) atoms. The maximum atomic E-state index is 12.4. The lowest BCUT2D eigenvalue weighted by atomic mass is 10.0. The molecule has 7 heteroatoms. The first-order valence-corrected chi connectivity index (χ1v) is 9.68. The number of carbonyl (C=O) groups excluding carboxylic acids is 1. The van der Waals surface area contributed by atoms with Crippen LogP contribution in [0.15, 0.2) is 64.6 Å². The maximum absolute atomic E-state index is 12.4. The van der Waals surface area contributed by atoms with Gasteiger partial charge in [0.2, 0.25) is 10.0 Å². The van der Waals surface area contributed by atoms with Crippen LogP contribution in [0.4, 0.5) is 0 Å². The predicted octanol–water partition coefficient (Wildman–Crippen LogP) is 2.58. The lowest BCUT2D eigenvalue weighted by Crippen LogP contribution is -2.36. The van der Waals surface area contributed by atoms with Crippen LogP contribution in [0.2, 0.25) is 0 Å². The summed E-state index contributed by atoms with van der Waals surface area (Å²) in [7, 11) is -2.35. The Morgan fingerprint density at radius 1 is 1.12 bits per heavy atom. The van der Waals surface area contributed by atoms with Gasteiger partial charge in [-0.3, -0.25) is 4.79 Å². The van der Waals surface area contributed by atoms with Gasteiger partial charge < -0.3 is 0 Å². The molecular weight excluding hydrogens is 350 g/mol. The summed E-state index contributed by atoms with van der Waals surface area (Å²) in [5, 5.41) is 3.88. The Labute approximate surface area is 154 Å². The molecule has 1 N–H and O–H groups in total. The average Bonchev–Trinajstić information content (AvgIpc) is 2.62. The normalized spacial score (nSPS) is 12.0. The number of benzene rings is 2. The molecular formula is C19H23N3O3S. The van der Waals surface area contributed by atoms with E-state index in [1.807, 2.05) is 24.3 Å². The highest BCUT2D eigenvalue weighted by atomic mass is 32.2. The minimum Gasteiger partial charge on any atom is -0.272 e. The molecule has 0 bridgehead atoms. The number of carbonyl (C=O) groups is 1. The van der Waals surface area contributed by atoms with E-state index < -0.39 is 15.9 Å². The van der Waals surface area contributed by atoms with Crippen molar-refractivity contribution in [3.63, 3.8) is 0 Å². The first-order valence-electron chi connectivity index (χ1n) is 8.24. The van der Waals surface area contributed by atoms with E-state index in [0.29, 0.717) is 5.92 Å². The van der Waals surface area contributed by atoms with Crippen LogP contribution in [0.3, 0.4) is 0 Å². The zero-order valence-electron chi connectivity index (χ0n) is 15.1. The standard InChI is InChI=1S/C19H23N3O3S/c1-15(2)17-11-9-16(10-12-17)13-20-21-19(23)14-22(3)26(24,25)18-7-5-4-6-8-18/h4-13,15H,14H2,1-3H3,(H,21,23)/b20-13-. The summed E-state index contributed by atoms with van der Waals surface area (Å²) in [6.07, 6.45) is 1.52. The Hall–Kier alpha value is -2.51. The van der Waals surface area contributed by atoms with Crippen LogP contribution >= 0.6 is 0 Å². The summed E-state index contributed by atoms with van der Waals surface area (Å²) in [6.45, 7) is 3.91. The molecule has 2 aromatic carbocycles. The fourth-order valence-electron chi connectivity index (χ4n) is 2.24. The highest BCUT2D eigenvalue weighted by Crippen LogP contribution is 2.14. The van der Waals surface area contributed by atoms with Crippen LogP contribution in [-0.2, 0) is 14.8 Å². The number of hydrogen-bond acceptors (Lipinski definition) is 4. The second kappa shape index (κ2) is 8.73. The third-order valence-electron chi connectivity index (χ3n) is 3.82. The third kappa shape index (κ3) is 5.24. The average molecular weight is 373 g/mol. The summed E-state index contributed by atoms with van der Waals surface area (Å²) in [5.41, 5.74) is 4.42. The van der Waals surface area contributed by atoms with Gasteiger partial charge in [0.1, 0.15) is 0 Å². The lowest BCUT2D eigenvalue weighted by Gasteiger charge is -2.15. The maximum Gasteiger partial charge on any atom is 0.255 e. The Kier molecular flexibility index (Phi) is 6.65. The van der Waals surface area contributed by atoms with E-state index in [1.54, 1.807) is 18.2 Å².